The minimum atomic E-state index is -1.08. The summed E-state index contributed by atoms with van der Waals surface area (Å²) in [5.74, 6) is -1.50. The van der Waals surface area contributed by atoms with Crippen molar-refractivity contribution in [1.29, 1.82) is 5.26 Å². The molecule has 0 aliphatic heterocycles. The zero-order chi connectivity index (χ0) is 13.4. The van der Waals surface area contributed by atoms with Gasteiger partial charge in [-0.1, -0.05) is 30.3 Å². The van der Waals surface area contributed by atoms with Crippen molar-refractivity contribution < 1.29 is 14.7 Å². The van der Waals surface area contributed by atoms with E-state index in [1.54, 1.807) is 12.1 Å². The van der Waals surface area contributed by atoms with Gasteiger partial charge < -0.3 is 10.4 Å². The van der Waals surface area contributed by atoms with Crippen molar-refractivity contribution in [3.63, 3.8) is 0 Å². The smallest absolute Gasteiger partial charge is 0.326 e. The van der Waals surface area contributed by atoms with E-state index < -0.39 is 17.9 Å². The first-order valence-corrected chi connectivity index (χ1v) is 5.56. The van der Waals surface area contributed by atoms with Crippen LogP contribution in [0.5, 0.6) is 0 Å². The molecule has 0 radical (unpaired) electrons. The second kappa shape index (κ2) is 7.07. The molecule has 0 aliphatic rings. The van der Waals surface area contributed by atoms with E-state index >= 15 is 0 Å². The van der Waals surface area contributed by atoms with Crippen molar-refractivity contribution in [2.24, 2.45) is 0 Å². The Labute approximate surface area is 105 Å². The van der Waals surface area contributed by atoms with Gasteiger partial charge in [0.2, 0.25) is 5.91 Å². The molecular weight excluding hydrogens is 232 g/mol. The highest BCUT2D eigenvalue weighted by Gasteiger charge is 2.19. The van der Waals surface area contributed by atoms with Gasteiger partial charge in [0.25, 0.3) is 0 Å². The molecule has 0 aromatic heterocycles. The quantitative estimate of drug-likeness (QED) is 0.786. The predicted molar refractivity (Wildman–Crippen MR) is 64.6 cm³/mol. The fourth-order valence-corrected chi connectivity index (χ4v) is 1.49. The first kappa shape index (κ1) is 13.7. The Morgan fingerprint density at radius 3 is 2.56 bits per heavy atom. The number of carboxylic acids is 1. The van der Waals surface area contributed by atoms with E-state index in [2.05, 4.69) is 5.32 Å². The average Bonchev–Trinajstić information content (AvgIpc) is 2.36. The first-order valence-electron chi connectivity index (χ1n) is 5.56. The highest BCUT2D eigenvalue weighted by molar-refractivity contribution is 5.83. The summed E-state index contributed by atoms with van der Waals surface area (Å²) in [7, 11) is 0. The maximum Gasteiger partial charge on any atom is 0.326 e. The largest absolute Gasteiger partial charge is 0.480 e. The van der Waals surface area contributed by atoms with Gasteiger partial charge in [-0.25, -0.2) is 4.79 Å². The van der Waals surface area contributed by atoms with Crippen LogP contribution >= 0.6 is 0 Å². The van der Waals surface area contributed by atoms with Crippen LogP contribution in [0.25, 0.3) is 0 Å². The maximum absolute atomic E-state index is 11.4. The van der Waals surface area contributed by atoms with Crippen molar-refractivity contribution in [2.45, 2.75) is 25.3 Å². The Kier molecular flexibility index (Phi) is 5.39. The molecule has 0 saturated heterocycles. The molecule has 0 heterocycles. The van der Waals surface area contributed by atoms with Crippen LogP contribution in [0.1, 0.15) is 18.4 Å². The molecule has 1 aromatic carbocycles. The highest BCUT2D eigenvalue weighted by atomic mass is 16.4. The van der Waals surface area contributed by atoms with Crippen LogP contribution in [0.15, 0.2) is 30.3 Å². The molecule has 0 saturated carbocycles. The number of hydrogen-bond donors (Lipinski definition) is 2. The SMILES string of the molecule is N#CCCC(=O)NC(Cc1ccccc1)C(=O)O. The van der Waals surface area contributed by atoms with Crippen molar-refractivity contribution in [2.75, 3.05) is 0 Å². The summed E-state index contributed by atoms with van der Waals surface area (Å²) < 4.78 is 0. The molecule has 1 aromatic rings. The summed E-state index contributed by atoms with van der Waals surface area (Å²) in [4.78, 5) is 22.4. The Bertz CT molecular complexity index is 451. The van der Waals surface area contributed by atoms with Gasteiger partial charge in [0.1, 0.15) is 6.04 Å². The predicted octanol–water partition coefficient (Wildman–Crippen LogP) is 1.10. The zero-order valence-electron chi connectivity index (χ0n) is 9.80. The number of carboxylic acid groups (broad SMARTS) is 1. The van der Waals surface area contributed by atoms with E-state index in [9.17, 15) is 9.59 Å². The third-order valence-electron chi connectivity index (χ3n) is 2.38. The number of nitriles is 1. The molecule has 94 valence electrons. The molecule has 1 atom stereocenters. The van der Waals surface area contributed by atoms with Crippen molar-refractivity contribution in [3.05, 3.63) is 35.9 Å². The van der Waals surface area contributed by atoms with Crippen LogP contribution in [0.4, 0.5) is 0 Å². The van der Waals surface area contributed by atoms with E-state index in [1.165, 1.54) is 0 Å². The normalized spacial score (nSPS) is 11.3. The summed E-state index contributed by atoms with van der Waals surface area (Å²) in [5, 5.41) is 19.8. The van der Waals surface area contributed by atoms with Crippen LogP contribution < -0.4 is 5.32 Å². The average molecular weight is 246 g/mol. The number of amides is 1. The van der Waals surface area contributed by atoms with Gasteiger partial charge in [-0.3, -0.25) is 4.79 Å². The maximum atomic E-state index is 11.4. The second-order valence-electron chi connectivity index (χ2n) is 3.81. The zero-order valence-corrected chi connectivity index (χ0v) is 9.80. The van der Waals surface area contributed by atoms with Gasteiger partial charge in [-0.15, -0.1) is 0 Å². The Balaban J connectivity index is 2.59. The van der Waals surface area contributed by atoms with Crippen molar-refractivity contribution >= 4 is 11.9 Å². The van der Waals surface area contributed by atoms with Crippen molar-refractivity contribution in [3.8, 4) is 6.07 Å². The molecule has 0 fully saturated rings. The summed E-state index contributed by atoms with van der Waals surface area (Å²) >= 11 is 0. The fraction of sp³-hybridized carbons (Fsp3) is 0.308. The molecule has 0 bridgehead atoms. The third kappa shape index (κ3) is 4.66. The number of benzene rings is 1. The minimum absolute atomic E-state index is 0.0229. The molecule has 5 heteroatoms. The summed E-state index contributed by atoms with van der Waals surface area (Å²) in [6.07, 6.45) is 0.340. The van der Waals surface area contributed by atoms with E-state index in [0.717, 1.165) is 5.56 Å². The Morgan fingerprint density at radius 2 is 2.00 bits per heavy atom. The lowest BCUT2D eigenvalue weighted by Gasteiger charge is -2.14. The highest BCUT2D eigenvalue weighted by Crippen LogP contribution is 2.04. The van der Waals surface area contributed by atoms with Crippen LogP contribution in [0.3, 0.4) is 0 Å². The van der Waals surface area contributed by atoms with Crippen LogP contribution in [-0.4, -0.2) is 23.0 Å². The lowest BCUT2D eigenvalue weighted by molar-refractivity contribution is -0.141. The van der Waals surface area contributed by atoms with Crippen LogP contribution in [-0.2, 0) is 16.0 Å². The molecule has 2 N–H and O–H groups in total. The van der Waals surface area contributed by atoms with Gasteiger partial charge in [-0.05, 0) is 5.56 Å². The van der Waals surface area contributed by atoms with Crippen LogP contribution in [0, 0.1) is 11.3 Å². The summed E-state index contributed by atoms with van der Waals surface area (Å²) in [5.41, 5.74) is 0.838. The van der Waals surface area contributed by atoms with Gasteiger partial charge >= 0.3 is 5.97 Å². The number of hydrogen-bond acceptors (Lipinski definition) is 3. The molecule has 18 heavy (non-hydrogen) atoms. The number of carbonyl (C=O) groups is 2. The molecule has 1 unspecified atom stereocenters. The summed E-state index contributed by atoms with van der Waals surface area (Å²) in [6, 6.07) is 9.95. The van der Waals surface area contributed by atoms with E-state index in [0.29, 0.717) is 0 Å². The third-order valence-corrected chi connectivity index (χ3v) is 2.38. The van der Waals surface area contributed by atoms with Crippen LogP contribution in [0.2, 0.25) is 0 Å². The second-order valence-corrected chi connectivity index (χ2v) is 3.81. The van der Waals surface area contributed by atoms with E-state index in [-0.39, 0.29) is 19.3 Å². The fourth-order valence-electron chi connectivity index (χ4n) is 1.49. The number of nitrogens with one attached hydrogen (secondary N) is 1. The molecule has 1 amide bonds. The monoisotopic (exact) mass is 246 g/mol. The molecule has 5 nitrogen and oxygen atoms in total. The number of aliphatic carboxylic acids is 1. The van der Waals surface area contributed by atoms with Gasteiger partial charge in [-0.2, -0.15) is 5.26 Å². The summed E-state index contributed by atoms with van der Waals surface area (Å²) in [6.45, 7) is 0. The van der Waals surface area contributed by atoms with Gasteiger partial charge in [0.15, 0.2) is 0 Å². The lowest BCUT2D eigenvalue weighted by atomic mass is 10.1. The number of nitrogens with zero attached hydrogens (tertiary/aromatic N) is 1. The number of rotatable bonds is 6. The van der Waals surface area contributed by atoms with Gasteiger partial charge in [0.05, 0.1) is 6.07 Å². The standard InChI is InChI=1S/C13H14N2O3/c14-8-4-7-12(16)15-11(13(17)18)9-10-5-2-1-3-6-10/h1-3,5-6,11H,4,7,9H2,(H,15,16)(H,17,18). The molecule has 0 spiro atoms. The Morgan fingerprint density at radius 1 is 1.33 bits per heavy atom. The van der Waals surface area contributed by atoms with E-state index in [1.807, 2.05) is 24.3 Å². The van der Waals surface area contributed by atoms with Crippen molar-refractivity contribution in [1.82, 2.24) is 5.32 Å². The lowest BCUT2D eigenvalue weighted by Crippen LogP contribution is -2.42. The van der Waals surface area contributed by atoms with E-state index in [4.69, 9.17) is 10.4 Å². The molecule has 0 aliphatic carbocycles. The first-order chi connectivity index (χ1) is 8.63. The minimum Gasteiger partial charge on any atom is -0.480 e. The van der Waals surface area contributed by atoms with Gasteiger partial charge in [0, 0.05) is 19.3 Å². The number of carbonyl (C=O) groups excluding carboxylic acids is 1. The molecule has 1 rings (SSSR count). The topological polar surface area (TPSA) is 90.2 Å². The molecular formula is C13H14N2O3. The Hall–Kier alpha value is -2.35.